The van der Waals surface area contributed by atoms with Crippen molar-refractivity contribution in [3.63, 3.8) is 0 Å². The molecule has 0 aliphatic carbocycles. The first-order valence-corrected chi connectivity index (χ1v) is 4.33. The second-order valence-corrected chi connectivity index (χ2v) is 2.89. The van der Waals surface area contributed by atoms with Crippen LogP contribution in [0.1, 0.15) is 0 Å². The van der Waals surface area contributed by atoms with Gasteiger partial charge in [0.2, 0.25) is 0 Å². The first-order chi connectivity index (χ1) is 6.92. The Kier molecular flexibility index (Phi) is 2.36. The lowest BCUT2D eigenvalue weighted by molar-refractivity contribution is 1.30. The van der Waals surface area contributed by atoms with Crippen molar-refractivity contribution in [2.75, 3.05) is 0 Å². The molecule has 0 aliphatic heterocycles. The fraction of sp³-hybridized carbons (Fsp3) is 0. The third-order valence-corrected chi connectivity index (χ3v) is 2.01. The molecule has 0 aliphatic rings. The molecule has 2 heteroatoms. The van der Waals surface area contributed by atoms with Gasteiger partial charge < -0.3 is 0 Å². The van der Waals surface area contributed by atoms with E-state index in [1.54, 1.807) is 6.07 Å². The summed E-state index contributed by atoms with van der Waals surface area (Å²) in [5.74, 6) is 0. The molecule has 0 spiro atoms. The molecule has 0 atom stereocenters. The Labute approximate surface area is 82.7 Å². The average Bonchev–Trinajstić information content (AvgIpc) is 2.30. The van der Waals surface area contributed by atoms with E-state index in [2.05, 4.69) is 11.2 Å². The second kappa shape index (κ2) is 3.83. The largest absolute Gasteiger partial charge is 0.129 e. The van der Waals surface area contributed by atoms with E-state index >= 15 is 0 Å². The zero-order valence-electron chi connectivity index (χ0n) is 7.51. The Morgan fingerprint density at radius 3 is 2.50 bits per heavy atom. The van der Waals surface area contributed by atoms with Crippen LogP contribution in [0.2, 0.25) is 0 Å². The molecule has 0 amide bonds. The first kappa shape index (κ1) is 8.63. The van der Waals surface area contributed by atoms with Crippen molar-refractivity contribution in [3.8, 4) is 11.1 Å². The summed E-state index contributed by atoms with van der Waals surface area (Å²) in [6.07, 6.45) is 0. The highest BCUT2D eigenvalue weighted by Crippen LogP contribution is 2.28. The van der Waals surface area contributed by atoms with Crippen molar-refractivity contribution in [2.24, 2.45) is 5.11 Å². The summed E-state index contributed by atoms with van der Waals surface area (Å²) in [5.41, 5.74) is 11.2. The van der Waals surface area contributed by atoms with E-state index in [0.29, 0.717) is 5.69 Å². The van der Waals surface area contributed by atoms with Crippen LogP contribution in [0.3, 0.4) is 0 Å². The van der Waals surface area contributed by atoms with E-state index in [9.17, 15) is 0 Å². The molecule has 2 aromatic carbocycles. The smallest absolute Gasteiger partial charge is 0.0954 e. The normalized spacial score (nSPS) is 9.71. The third-order valence-electron chi connectivity index (χ3n) is 2.01. The number of nitrogens with zero attached hydrogens (tertiary/aromatic N) is 2. The van der Waals surface area contributed by atoms with E-state index in [1.807, 2.05) is 42.5 Å². The predicted molar refractivity (Wildman–Crippen MR) is 54.9 cm³/mol. The first-order valence-electron chi connectivity index (χ1n) is 4.33. The van der Waals surface area contributed by atoms with Gasteiger partial charge in [0.05, 0.1) is 5.69 Å². The standard InChI is InChI=1S/C12H8N2/c13-14-12-9-5-4-8-11(12)10-6-2-1-3-7-10/h1-6,8-9H. The molecule has 0 unspecified atom stereocenters. The molecule has 2 rings (SSSR count). The van der Waals surface area contributed by atoms with E-state index in [1.165, 1.54) is 0 Å². The molecule has 0 fully saturated rings. The molecule has 2 nitrogen and oxygen atoms in total. The van der Waals surface area contributed by atoms with Crippen molar-refractivity contribution < 1.29 is 0 Å². The maximum atomic E-state index is 8.79. The van der Waals surface area contributed by atoms with Crippen molar-refractivity contribution in [1.82, 2.24) is 5.53 Å². The van der Waals surface area contributed by atoms with Crippen LogP contribution in [0.25, 0.3) is 11.1 Å². The number of benzene rings is 2. The van der Waals surface area contributed by atoms with Gasteiger partial charge in [0.1, 0.15) is 0 Å². The fourth-order valence-corrected chi connectivity index (χ4v) is 1.35. The van der Waals surface area contributed by atoms with Gasteiger partial charge >= 0.3 is 0 Å². The summed E-state index contributed by atoms with van der Waals surface area (Å²) in [6.45, 7) is 0. The van der Waals surface area contributed by atoms with Gasteiger partial charge in [-0.3, -0.25) is 0 Å². The van der Waals surface area contributed by atoms with Crippen molar-refractivity contribution in [2.45, 2.75) is 0 Å². The Balaban J connectivity index is 2.57. The van der Waals surface area contributed by atoms with Gasteiger partial charge in [0.25, 0.3) is 0 Å². The molecule has 0 saturated carbocycles. The lowest BCUT2D eigenvalue weighted by Gasteiger charge is -2.02. The number of hydrogen-bond acceptors (Lipinski definition) is 1. The minimum atomic E-state index is 0.565. The van der Waals surface area contributed by atoms with E-state index < -0.39 is 0 Å². The lowest BCUT2D eigenvalue weighted by Crippen LogP contribution is -1.77. The van der Waals surface area contributed by atoms with Gasteiger partial charge in [-0.05, 0) is 23.2 Å². The summed E-state index contributed by atoms with van der Waals surface area (Å²) in [7, 11) is 0. The van der Waals surface area contributed by atoms with Crippen LogP contribution in [0.15, 0.2) is 53.6 Å². The monoisotopic (exact) mass is 180 g/mol. The lowest BCUT2D eigenvalue weighted by atomic mass is 10.0. The maximum absolute atomic E-state index is 8.79. The van der Waals surface area contributed by atoms with E-state index in [0.717, 1.165) is 11.1 Å². The van der Waals surface area contributed by atoms with Crippen LogP contribution in [0.5, 0.6) is 0 Å². The highest BCUT2D eigenvalue weighted by atomic mass is 15.0. The summed E-state index contributed by atoms with van der Waals surface area (Å²) in [4.78, 5) is 0. The van der Waals surface area contributed by atoms with E-state index in [4.69, 9.17) is 5.53 Å². The highest BCUT2D eigenvalue weighted by molar-refractivity contribution is 5.74. The molecule has 66 valence electrons. The van der Waals surface area contributed by atoms with Gasteiger partial charge in [-0.1, -0.05) is 42.5 Å². The van der Waals surface area contributed by atoms with Gasteiger partial charge in [0.15, 0.2) is 0 Å². The van der Waals surface area contributed by atoms with Crippen LogP contribution in [0.4, 0.5) is 5.69 Å². The van der Waals surface area contributed by atoms with Crippen molar-refractivity contribution >= 4 is 5.69 Å². The van der Waals surface area contributed by atoms with Crippen molar-refractivity contribution in [3.05, 3.63) is 54.6 Å². The zero-order chi connectivity index (χ0) is 9.80. The average molecular weight is 180 g/mol. The third kappa shape index (κ3) is 1.55. The Morgan fingerprint density at radius 1 is 1.00 bits per heavy atom. The highest BCUT2D eigenvalue weighted by Gasteiger charge is 2.02. The van der Waals surface area contributed by atoms with Crippen LogP contribution in [-0.4, -0.2) is 0 Å². The molecule has 2 aromatic rings. The van der Waals surface area contributed by atoms with Gasteiger partial charge in [-0.15, -0.1) is 5.11 Å². The number of hydrogen-bond donors (Lipinski definition) is 0. The Bertz CT molecular complexity index is 435. The molecule has 14 heavy (non-hydrogen) atoms. The predicted octanol–water partition coefficient (Wildman–Crippen LogP) is 3.04. The van der Waals surface area contributed by atoms with Crippen molar-refractivity contribution in [1.29, 1.82) is 0 Å². The zero-order valence-corrected chi connectivity index (χ0v) is 7.51. The quantitative estimate of drug-likeness (QED) is 0.637. The SMILES string of the molecule is [N]=Nc1ccccc1-c1[c]cccc1. The van der Waals surface area contributed by atoms with Gasteiger partial charge in [-0.25, -0.2) is 0 Å². The molecular weight excluding hydrogens is 172 g/mol. The Hall–Kier alpha value is -1.96. The summed E-state index contributed by atoms with van der Waals surface area (Å²) >= 11 is 0. The molecule has 0 bridgehead atoms. The van der Waals surface area contributed by atoms with Crippen LogP contribution in [-0.2, 0) is 0 Å². The van der Waals surface area contributed by atoms with Crippen LogP contribution < -0.4 is 5.53 Å². The van der Waals surface area contributed by atoms with Gasteiger partial charge in [-0.2, -0.15) is 0 Å². The molecule has 0 heterocycles. The summed E-state index contributed by atoms with van der Waals surface area (Å²) in [5, 5.41) is 3.23. The molecule has 2 radical (unpaired) electrons. The molecule has 0 N–H and O–H groups in total. The minimum absolute atomic E-state index is 0.565. The summed E-state index contributed by atoms with van der Waals surface area (Å²) < 4.78 is 0. The number of rotatable bonds is 2. The minimum Gasteiger partial charge on any atom is -0.129 e. The van der Waals surface area contributed by atoms with Crippen LogP contribution >= 0.6 is 0 Å². The summed E-state index contributed by atoms with van der Waals surface area (Å²) in [6, 6.07) is 18.1. The molecule has 0 saturated heterocycles. The molecular formula is C12H8N2. The Morgan fingerprint density at radius 2 is 1.79 bits per heavy atom. The molecule has 0 aromatic heterocycles. The topological polar surface area (TPSA) is 34.7 Å². The van der Waals surface area contributed by atoms with Gasteiger partial charge in [0, 0.05) is 5.56 Å². The van der Waals surface area contributed by atoms with Crippen LogP contribution in [0, 0.1) is 6.07 Å². The van der Waals surface area contributed by atoms with E-state index in [-0.39, 0.29) is 0 Å². The fourth-order valence-electron chi connectivity index (χ4n) is 1.35. The maximum Gasteiger partial charge on any atom is 0.0954 e. The second-order valence-electron chi connectivity index (χ2n) is 2.89.